The molecule has 0 amide bonds. The van der Waals surface area contributed by atoms with Crippen LogP contribution in [0, 0.1) is 0 Å². The normalized spacial score (nSPS) is 21.1. The minimum Gasteiger partial charge on any atom is -0.497 e. The lowest BCUT2D eigenvalue weighted by atomic mass is 10.1. The molecule has 2 aromatic rings. The van der Waals surface area contributed by atoms with E-state index in [4.69, 9.17) is 21.3 Å². The maximum absolute atomic E-state index is 6.35. The number of fused-ring (bicyclic) bond motifs is 1. The van der Waals surface area contributed by atoms with Gasteiger partial charge in [0.2, 0.25) is 0 Å². The van der Waals surface area contributed by atoms with Gasteiger partial charge in [-0.3, -0.25) is 0 Å². The van der Waals surface area contributed by atoms with Crippen LogP contribution in [0.4, 0.5) is 0 Å². The van der Waals surface area contributed by atoms with Crippen molar-refractivity contribution in [2.24, 2.45) is 0 Å². The first-order valence-electron chi connectivity index (χ1n) is 6.98. The zero-order chi connectivity index (χ0) is 14.1. The maximum Gasteiger partial charge on any atom is 0.128 e. The molecule has 0 spiro atoms. The lowest BCUT2D eigenvalue weighted by Gasteiger charge is -2.25. The third-order valence-electron chi connectivity index (χ3n) is 3.78. The second kappa shape index (κ2) is 5.86. The van der Waals surface area contributed by atoms with Crippen LogP contribution in [-0.2, 0) is 0 Å². The fourth-order valence-corrected chi connectivity index (χ4v) is 4.09. The summed E-state index contributed by atoms with van der Waals surface area (Å²) >= 11 is 8.37. The summed E-state index contributed by atoms with van der Waals surface area (Å²) in [4.78, 5) is 4.73. The number of aromatic nitrogens is 2. The predicted molar refractivity (Wildman–Crippen MR) is 86.1 cm³/mol. The highest BCUT2D eigenvalue weighted by atomic mass is 35.5. The summed E-state index contributed by atoms with van der Waals surface area (Å²) in [6, 6.07) is 6.54. The SMILES string of the molecule is COc1ccc2nc(C(C)Cl)n(C3CCCSC3)c2c1. The molecule has 1 aromatic carbocycles. The number of nitrogens with zero attached hydrogens (tertiary/aromatic N) is 2. The Labute approximate surface area is 128 Å². The average molecular weight is 311 g/mol. The topological polar surface area (TPSA) is 27.1 Å². The molecule has 0 aliphatic carbocycles. The highest BCUT2D eigenvalue weighted by molar-refractivity contribution is 7.99. The van der Waals surface area contributed by atoms with Crippen LogP contribution in [0.25, 0.3) is 11.0 Å². The molecule has 1 aliphatic heterocycles. The van der Waals surface area contributed by atoms with Gasteiger partial charge in [0.25, 0.3) is 0 Å². The molecule has 0 saturated carbocycles. The number of halogens is 1. The van der Waals surface area contributed by atoms with Gasteiger partial charge < -0.3 is 9.30 Å². The molecule has 0 N–H and O–H groups in total. The molecule has 1 aliphatic rings. The zero-order valence-electron chi connectivity index (χ0n) is 11.8. The Morgan fingerprint density at radius 3 is 3.00 bits per heavy atom. The van der Waals surface area contributed by atoms with E-state index in [1.54, 1.807) is 7.11 Å². The van der Waals surface area contributed by atoms with Gasteiger partial charge in [0.15, 0.2) is 0 Å². The summed E-state index contributed by atoms with van der Waals surface area (Å²) in [6.07, 6.45) is 2.46. The smallest absolute Gasteiger partial charge is 0.128 e. The summed E-state index contributed by atoms with van der Waals surface area (Å²) in [7, 11) is 1.70. The summed E-state index contributed by atoms with van der Waals surface area (Å²) in [5.74, 6) is 4.25. The largest absolute Gasteiger partial charge is 0.497 e. The van der Waals surface area contributed by atoms with Crippen molar-refractivity contribution in [1.82, 2.24) is 9.55 Å². The van der Waals surface area contributed by atoms with E-state index in [1.807, 2.05) is 30.8 Å². The number of benzene rings is 1. The molecule has 0 radical (unpaired) electrons. The van der Waals surface area contributed by atoms with Gasteiger partial charge in [-0.05, 0) is 37.7 Å². The number of imidazole rings is 1. The van der Waals surface area contributed by atoms with Crippen molar-refractivity contribution in [2.75, 3.05) is 18.6 Å². The molecule has 2 unspecified atom stereocenters. The molecule has 108 valence electrons. The Kier molecular flexibility index (Phi) is 4.13. The fraction of sp³-hybridized carbons (Fsp3) is 0.533. The molecule has 2 heterocycles. The van der Waals surface area contributed by atoms with Crippen LogP contribution in [0.3, 0.4) is 0 Å². The molecule has 5 heteroatoms. The molecule has 3 rings (SSSR count). The number of thioether (sulfide) groups is 1. The van der Waals surface area contributed by atoms with Crippen LogP contribution < -0.4 is 4.74 Å². The molecule has 20 heavy (non-hydrogen) atoms. The third kappa shape index (κ3) is 2.51. The van der Waals surface area contributed by atoms with Crippen molar-refractivity contribution in [3.63, 3.8) is 0 Å². The lowest BCUT2D eigenvalue weighted by Crippen LogP contribution is -2.18. The van der Waals surface area contributed by atoms with Crippen LogP contribution in [0.2, 0.25) is 0 Å². The van der Waals surface area contributed by atoms with Crippen LogP contribution >= 0.6 is 23.4 Å². The van der Waals surface area contributed by atoms with E-state index in [-0.39, 0.29) is 5.38 Å². The number of hydrogen-bond acceptors (Lipinski definition) is 3. The lowest BCUT2D eigenvalue weighted by molar-refractivity contribution is 0.415. The second-order valence-corrected chi connectivity index (χ2v) is 6.99. The molecular weight excluding hydrogens is 292 g/mol. The minimum atomic E-state index is -0.0830. The Morgan fingerprint density at radius 2 is 2.35 bits per heavy atom. The molecule has 1 saturated heterocycles. The van der Waals surface area contributed by atoms with E-state index < -0.39 is 0 Å². The monoisotopic (exact) mass is 310 g/mol. The molecule has 1 aromatic heterocycles. The molecule has 1 fully saturated rings. The van der Waals surface area contributed by atoms with Gasteiger partial charge in [-0.15, -0.1) is 11.6 Å². The fourth-order valence-electron chi connectivity index (χ4n) is 2.81. The summed E-state index contributed by atoms with van der Waals surface area (Å²) < 4.78 is 7.69. The first-order valence-corrected chi connectivity index (χ1v) is 8.57. The highest BCUT2D eigenvalue weighted by Crippen LogP contribution is 2.35. The quantitative estimate of drug-likeness (QED) is 0.786. The minimum absolute atomic E-state index is 0.0830. The van der Waals surface area contributed by atoms with Crippen molar-refractivity contribution in [3.05, 3.63) is 24.0 Å². The molecule has 3 nitrogen and oxygen atoms in total. The number of ether oxygens (including phenoxy) is 1. The third-order valence-corrected chi connectivity index (χ3v) is 5.17. The van der Waals surface area contributed by atoms with E-state index in [1.165, 1.54) is 18.6 Å². The van der Waals surface area contributed by atoms with Crippen molar-refractivity contribution < 1.29 is 4.74 Å². The van der Waals surface area contributed by atoms with Crippen LogP contribution in [0.15, 0.2) is 18.2 Å². The molecule has 2 atom stereocenters. The van der Waals surface area contributed by atoms with E-state index in [9.17, 15) is 0 Å². The molecular formula is C15H19ClN2OS. The molecule has 0 bridgehead atoms. The maximum atomic E-state index is 6.35. The van der Waals surface area contributed by atoms with E-state index in [0.717, 1.165) is 28.4 Å². The van der Waals surface area contributed by atoms with Crippen molar-refractivity contribution >= 4 is 34.4 Å². The van der Waals surface area contributed by atoms with Gasteiger partial charge in [-0.1, -0.05) is 0 Å². The predicted octanol–water partition coefficient (Wildman–Crippen LogP) is 4.41. The summed E-state index contributed by atoms with van der Waals surface area (Å²) in [5, 5.41) is -0.0830. The second-order valence-electron chi connectivity index (χ2n) is 5.18. The van der Waals surface area contributed by atoms with Crippen molar-refractivity contribution in [1.29, 1.82) is 0 Å². The van der Waals surface area contributed by atoms with Crippen LogP contribution in [-0.4, -0.2) is 28.2 Å². The van der Waals surface area contributed by atoms with Gasteiger partial charge >= 0.3 is 0 Å². The van der Waals surface area contributed by atoms with E-state index >= 15 is 0 Å². The first kappa shape index (κ1) is 14.1. The zero-order valence-corrected chi connectivity index (χ0v) is 13.4. The van der Waals surface area contributed by atoms with Gasteiger partial charge in [0.05, 0.1) is 23.5 Å². The Balaban J connectivity index is 2.15. The highest BCUT2D eigenvalue weighted by Gasteiger charge is 2.23. The van der Waals surface area contributed by atoms with Gasteiger partial charge in [-0.2, -0.15) is 11.8 Å². The van der Waals surface area contributed by atoms with Crippen LogP contribution in [0.5, 0.6) is 5.75 Å². The van der Waals surface area contributed by atoms with Crippen LogP contribution in [0.1, 0.15) is 37.0 Å². The average Bonchev–Trinajstić information content (AvgIpc) is 2.86. The van der Waals surface area contributed by atoms with E-state index in [0.29, 0.717) is 6.04 Å². The Hall–Kier alpha value is -0.870. The van der Waals surface area contributed by atoms with Gasteiger partial charge in [-0.25, -0.2) is 4.98 Å². The Bertz CT molecular complexity index is 605. The van der Waals surface area contributed by atoms with Gasteiger partial charge in [0, 0.05) is 17.9 Å². The number of hydrogen-bond donors (Lipinski definition) is 0. The van der Waals surface area contributed by atoms with Crippen molar-refractivity contribution in [2.45, 2.75) is 31.2 Å². The van der Waals surface area contributed by atoms with Crippen molar-refractivity contribution in [3.8, 4) is 5.75 Å². The summed E-state index contributed by atoms with van der Waals surface area (Å²) in [6.45, 7) is 1.99. The number of alkyl halides is 1. The van der Waals surface area contributed by atoms with Gasteiger partial charge in [0.1, 0.15) is 11.6 Å². The number of methoxy groups -OCH3 is 1. The Morgan fingerprint density at radius 1 is 1.50 bits per heavy atom. The standard InChI is InChI=1S/C15H19ClN2OS/c1-10(16)15-17-13-6-5-12(19-2)8-14(13)18(15)11-4-3-7-20-9-11/h5-6,8,10-11H,3-4,7,9H2,1-2H3. The van der Waals surface area contributed by atoms with E-state index in [2.05, 4.69) is 10.6 Å². The summed E-state index contributed by atoms with van der Waals surface area (Å²) in [5.41, 5.74) is 2.14. The number of rotatable bonds is 3. The first-order chi connectivity index (χ1) is 9.70.